The van der Waals surface area contributed by atoms with E-state index in [1.165, 1.54) is 37.1 Å². The summed E-state index contributed by atoms with van der Waals surface area (Å²) in [6.07, 6.45) is 2.67. The Hall–Kier alpha value is -1.84. The van der Waals surface area contributed by atoms with Gasteiger partial charge >= 0.3 is 0 Å². The number of likely N-dealkylation sites (tertiary alicyclic amines) is 1. The molecule has 1 fully saturated rings. The maximum Gasteiger partial charge on any atom is 0.119 e. The number of hydrogen-bond donors (Lipinski definition) is 1. The molecule has 1 aliphatic rings. The Morgan fingerprint density at radius 1 is 1.04 bits per heavy atom. The molecular weight excluding hydrogens is 296 g/mol. The fraction of sp³-hybridized carbons (Fsp3) is 0.429. The molecule has 1 heterocycles. The summed E-state index contributed by atoms with van der Waals surface area (Å²) < 4.78 is 5.83. The van der Waals surface area contributed by atoms with Gasteiger partial charge in [-0.1, -0.05) is 49.4 Å². The summed E-state index contributed by atoms with van der Waals surface area (Å²) in [5.74, 6) is 0.926. The molecular formula is C21H28N2O. The van der Waals surface area contributed by atoms with E-state index in [-0.39, 0.29) is 0 Å². The largest absolute Gasteiger partial charge is 0.489 e. The first kappa shape index (κ1) is 17.0. The number of nitrogens with zero attached hydrogens (tertiary/aromatic N) is 1. The van der Waals surface area contributed by atoms with Crippen LogP contribution in [0.3, 0.4) is 0 Å². The normalized spacial score (nSPS) is 18.0. The highest BCUT2D eigenvalue weighted by Gasteiger charge is 2.21. The van der Waals surface area contributed by atoms with Crippen LogP contribution in [0.2, 0.25) is 0 Å². The smallest absolute Gasteiger partial charge is 0.119 e. The summed E-state index contributed by atoms with van der Waals surface area (Å²) >= 11 is 0. The van der Waals surface area contributed by atoms with Crippen LogP contribution >= 0.6 is 0 Å². The third-order valence-electron chi connectivity index (χ3n) is 4.79. The van der Waals surface area contributed by atoms with Gasteiger partial charge in [-0.2, -0.15) is 0 Å². The molecule has 3 heteroatoms. The SMILES string of the molecule is CCN1CCCC1CNCc1ccc(OCc2ccccc2)cc1. The first-order valence-corrected chi connectivity index (χ1v) is 9.05. The van der Waals surface area contributed by atoms with Crippen molar-refractivity contribution in [3.63, 3.8) is 0 Å². The molecule has 3 nitrogen and oxygen atoms in total. The third-order valence-corrected chi connectivity index (χ3v) is 4.79. The van der Waals surface area contributed by atoms with Crippen LogP contribution in [-0.4, -0.2) is 30.6 Å². The number of rotatable bonds is 8. The monoisotopic (exact) mass is 324 g/mol. The highest BCUT2D eigenvalue weighted by atomic mass is 16.5. The van der Waals surface area contributed by atoms with Crippen molar-refractivity contribution in [3.8, 4) is 5.75 Å². The molecule has 1 aliphatic heterocycles. The highest BCUT2D eigenvalue weighted by Crippen LogP contribution is 2.17. The second-order valence-electron chi connectivity index (χ2n) is 6.47. The number of benzene rings is 2. The molecule has 0 aromatic heterocycles. The van der Waals surface area contributed by atoms with Gasteiger partial charge in [-0.25, -0.2) is 0 Å². The molecule has 2 aromatic rings. The van der Waals surface area contributed by atoms with E-state index in [1.54, 1.807) is 0 Å². The van der Waals surface area contributed by atoms with Crippen LogP contribution in [0, 0.1) is 0 Å². The van der Waals surface area contributed by atoms with Crippen molar-refractivity contribution < 1.29 is 4.74 Å². The summed E-state index contributed by atoms with van der Waals surface area (Å²) in [5, 5.41) is 3.60. The highest BCUT2D eigenvalue weighted by molar-refractivity contribution is 5.27. The van der Waals surface area contributed by atoms with Crippen molar-refractivity contribution in [2.45, 2.75) is 39.0 Å². The van der Waals surface area contributed by atoms with Crippen LogP contribution < -0.4 is 10.1 Å². The van der Waals surface area contributed by atoms with Gasteiger partial charge < -0.3 is 10.1 Å². The summed E-state index contributed by atoms with van der Waals surface area (Å²) in [6, 6.07) is 19.4. The van der Waals surface area contributed by atoms with E-state index in [0.717, 1.165) is 18.8 Å². The maximum atomic E-state index is 5.83. The Balaban J connectivity index is 1.41. The molecule has 0 amide bonds. The van der Waals surface area contributed by atoms with Gasteiger partial charge in [0.05, 0.1) is 0 Å². The predicted octanol–water partition coefficient (Wildman–Crippen LogP) is 3.84. The molecule has 1 saturated heterocycles. The molecule has 24 heavy (non-hydrogen) atoms. The van der Waals surface area contributed by atoms with Crippen molar-refractivity contribution in [3.05, 3.63) is 65.7 Å². The zero-order chi connectivity index (χ0) is 16.6. The summed E-state index contributed by atoms with van der Waals surface area (Å²) in [5.41, 5.74) is 2.50. The lowest BCUT2D eigenvalue weighted by molar-refractivity contribution is 0.260. The predicted molar refractivity (Wildman–Crippen MR) is 99.2 cm³/mol. The summed E-state index contributed by atoms with van der Waals surface area (Å²) in [4.78, 5) is 2.58. The van der Waals surface area contributed by atoms with Gasteiger partial charge in [-0.15, -0.1) is 0 Å². The molecule has 0 bridgehead atoms. The molecule has 1 atom stereocenters. The number of ether oxygens (including phenoxy) is 1. The van der Waals surface area contributed by atoms with Crippen LogP contribution in [0.1, 0.15) is 30.9 Å². The number of nitrogens with one attached hydrogen (secondary N) is 1. The molecule has 1 N–H and O–H groups in total. The van der Waals surface area contributed by atoms with Crippen molar-refractivity contribution in [2.24, 2.45) is 0 Å². The van der Waals surface area contributed by atoms with E-state index < -0.39 is 0 Å². The molecule has 3 rings (SSSR count). The standard InChI is InChI=1S/C21H28N2O/c1-2-23-14-6-9-20(23)16-22-15-18-10-12-21(13-11-18)24-17-19-7-4-3-5-8-19/h3-5,7-8,10-13,20,22H,2,6,9,14-17H2,1H3. The fourth-order valence-corrected chi connectivity index (χ4v) is 3.37. The van der Waals surface area contributed by atoms with Gasteiger partial charge in [-0.3, -0.25) is 4.90 Å². The fourth-order valence-electron chi connectivity index (χ4n) is 3.37. The van der Waals surface area contributed by atoms with E-state index >= 15 is 0 Å². The van der Waals surface area contributed by atoms with E-state index in [4.69, 9.17) is 4.74 Å². The zero-order valence-corrected chi connectivity index (χ0v) is 14.6. The van der Waals surface area contributed by atoms with Crippen LogP contribution in [0.15, 0.2) is 54.6 Å². The van der Waals surface area contributed by atoms with Crippen LogP contribution in [0.4, 0.5) is 0 Å². The topological polar surface area (TPSA) is 24.5 Å². The lowest BCUT2D eigenvalue weighted by Crippen LogP contribution is -2.37. The second kappa shape index (κ2) is 8.86. The molecule has 0 aliphatic carbocycles. The molecule has 2 aromatic carbocycles. The van der Waals surface area contributed by atoms with Crippen molar-refractivity contribution in [2.75, 3.05) is 19.6 Å². The molecule has 0 radical (unpaired) electrons. The van der Waals surface area contributed by atoms with Gasteiger partial charge in [0.2, 0.25) is 0 Å². The molecule has 1 unspecified atom stereocenters. The Morgan fingerprint density at radius 3 is 2.58 bits per heavy atom. The average molecular weight is 324 g/mol. The van der Waals surface area contributed by atoms with Crippen molar-refractivity contribution in [1.29, 1.82) is 0 Å². The summed E-state index contributed by atoms with van der Waals surface area (Å²) in [7, 11) is 0. The van der Waals surface area contributed by atoms with E-state index in [1.807, 2.05) is 18.2 Å². The zero-order valence-electron chi connectivity index (χ0n) is 14.6. The first-order valence-electron chi connectivity index (χ1n) is 9.05. The number of likely N-dealkylation sites (N-methyl/N-ethyl adjacent to an activating group) is 1. The van der Waals surface area contributed by atoms with Crippen LogP contribution in [0.5, 0.6) is 5.75 Å². The second-order valence-corrected chi connectivity index (χ2v) is 6.47. The Bertz CT molecular complexity index is 597. The quantitative estimate of drug-likeness (QED) is 0.798. The molecule has 0 spiro atoms. The maximum absolute atomic E-state index is 5.83. The van der Waals surface area contributed by atoms with Crippen LogP contribution in [-0.2, 0) is 13.2 Å². The first-order chi connectivity index (χ1) is 11.8. The Kier molecular flexibility index (Phi) is 6.27. The average Bonchev–Trinajstić information content (AvgIpc) is 3.09. The minimum absolute atomic E-state index is 0.618. The van der Waals surface area contributed by atoms with Gasteiger partial charge in [0.15, 0.2) is 0 Å². The van der Waals surface area contributed by atoms with Crippen molar-refractivity contribution >= 4 is 0 Å². The van der Waals surface area contributed by atoms with Crippen molar-refractivity contribution in [1.82, 2.24) is 10.2 Å². The lowest BCUT2D eigenvalue weighted by Gasteiger charge is -2.23. The molecule has 0 saturated carbocycles. The minimum Gasteiger partial charge on any atom is -0.489 e. The van der Waals surface area contributed by atoms with Gasteiger partial charge in [0.1, 0.15) is 12.4 Å². The molecule has 128 valence electrons. The van der Waals surface area contributed by atoms with Gasteiger partial charge in [0.25, 0.3) is 0 Å². The minimum atomic E-state index is 0.618. The lowest BCUT2D eigenvalue weighted by atomic mass is 10.2. The Morgan fingerprint density at radius 2 is 1.83 bits per heavy atom. The number of hydrogen-bond acceptors (Lipinski definition) is 3. The van der Waals surface area contributed by atoms with E-state index in [2.05, 4.69) is 53.5 Å². The van der Waals surface area contributed by atoms with E-state index in [9.17, 15) is 0 Å². The summed E-state index contributed by atoms with van der Waals surface area (Å²) in [6.45, 7) is 7.31. The van der Waals surface area contributed by atoms with E-state index in [0.29, 0.717) is 12.6 Å². The Labute approximate surface area is 145 Å². The third kappa shape index (κ3) is 4.83. The van der Waals surface area contributed by atoms with Crippen LogP contribution in [0.25, 0.3) is 0 Å². The van der Waals surface area contributed by atoms with Gasteiger partial charge in [-0.05, 0) is 49.2 Å². The van der Waals surface area contributed by atoms with Gasteiger partial charge in [0, 0.05) is 19.1 Å².